The zero-order valence-electron chi connectivity index (χ0n) is 11.1. The lowest BCUT2D eigenvalue weighted by Crippen LogP contribution is -2.13. The first kappa shape index (κ1) is 12.6. The fourth-order valence-electron chi connectivity index (χ4n) is 2.48. The fourth-order valence-corrected chi connectivity index (χ4v) is 2.48. The van der Waals surface area contributed by atoms with Crippen LogP contribution >= 0.6 is 0 Å². The van der Waals surface area contributed by atoms with Gasteiger partial charge in [-0.1, -0.05) is 6.07 Å². The second-order valence-corrected chi connectivity index (χ2v) is 4.90. The van der Waals surface area contributed by atoms with Crippen LogP contribution in [0.15, 0.2) is 30.5 Å². The second kappa shape index (κ2) is 5.28. The smallest absolute Gasteiger partial charge is 0.249 e. The van der Waals surface area contributed by atoms with Gasteiger partial charge in [-0.2, -0.15) is 5.10 Å². The lowest BCUT2D eigenvalue weighted by atomic mass is 9.92. The summed E-state index contributed by atoms with van der Waals surface area (Å²) in [5, 5.41) is 15.2. The third-order valence-electron chi connectivity index (χ3n) is 3.51. The molecule has 20 heavy (non-hydrogen) atoms. The molecule has 5 heteroatoms. The van der Waals surface area contributed by atoms with E-state index in [1.54, 1.807) is 6.07 Å². The van der Waals surface area contributed by atoms with Crippen molar-refractivity contribution in [1.82, 2.24) is 10.2 Å². The van der Waals surface area contributed by atoms with Crippen molar-refractivity contribution in [1.29, 1.82) is 5.41 Å². The number of rotatable bonds is 3. The van der Waals surface area contributed by atoms with Crippen LogP contribution in [-0.4, -0.2) is 16.0 Å². The zero-order valence-corrected chi connectivity index (χ0v) is 11.1. The number of hydrogen-bond donors (Lipinski definition) is 2. The quantitative estimate of drug-likeness (QED) is 0.661. The number of nitrogens with one attached hydrogen (secondary N) is 1. The number of nitrogens with two attached hydrogens (primary N) is 1. The third-order valence-corrected chi connectivity index (χ3v) is 3.51. The Hall–Kier alpha value is -2.43. The van der Waals surface area contributed by atoms with Crippen LogP contribution in [-0.2, 0) is 12.8 Å². The Labute approximate surface area is 117 Å². The average Bonchev–Trinajstić information content (AvgIpc) is 2.47. The molecule has 3 rings (SSSR count). The normalized spacial score (nSPS) is 13.6. The Kier molecular flexibility index (Phi) is 3.33. The molecule has 0 saturated carbocycles. The first-order valence-electron chi connectivity index (χ1n) is 6.70. The number of aromatic nitrogens is 2. The first-order valence-corrected chi connectivity index (χ1v) is 6.70. The molecule has 0 amide bonds. The number of ether oxygens (including phenoxy) is 1. The molecule has 1 aromatic carbocycles. The molecule has 1 aromatic heterocycles. The van der Waals surface area contributed by atoms with Crippen LogP contribution in [0, 0.1) is 5.41 Å². The molecular formula is C15H16N4O. The van der Waals surface area contributed by atoms with Gasteiger partial charge in [0, 0.05) is 0 Å². The highest BCUT2D eigenvalue weighted by atomic mass is 16.5. The minimum Gasteiger partial charge on any atom is -0.437 e. The lowest BCUT2D eigenvalue weighted by molar-refractivity contribution is 0.452. The van der Waals surface area contributed by atoms with Gasteiger partial charge in [0.05, 0.1) is 11.8 Å². The van der Waals surface area contributed by atoms with E-state index in [-0.39, 0.29) is 11.7 Å². The molecule has 1 aliphatic carbocycles. The van der Waals surface area contributed by atoms with Crippen molar-refractivity contribution in [3.05, 3.63) is 47.2 Å². The number of benzene rings is 1. The van der Waals surface area contributed by atoms with Crippen molar-refractivity contribution in [2.75, 3.05) is 0 Å². The summed E-state index contributed by atoms with van der Waals surface area (Å²) >= 11 is 0. The molecule has 2 aromatic rings. The molecule has 1 aliphatic rings. The van der Waals surface area contributed by atoms with Gasteiger partial charge in [-0.05, 0) is 55.0 Å². The van der Waals surface area contributed by atoms with E-state index >= 15 is 0 Å². The van der Waals surface area contributed by atoms with Crippen LogP contribution < -0.4 is 10.5 Å². The average molecular weight is 268 g/mol. The van der Waals surface area contributed by atoms with Crippen molar-refractivity contribution in [2.24, 2.45) is 5.73 Å². The maximum absolute atomic E-state index is 7.52. The molecule has 0 spiro atoms. The maximum atomic E-state index is 7.52. The SMILES string of the molecule is N=C(N)c1ccnnc1Oc1ccc2c(c1)CCCC2. The van der Waals surface area contributed by atoms with Crippen LogP contribution in [0.3, 0.4) is 0 Å². The fraction of sp³-hybridized carbons (Fsp3) is 0.267. The minimum absolute atomic E-state index is 0.0761. The highest BCUT2D eigenvalue weighted by molar-refractivity contribution is 5.96. The van der Waals surface area contributed by atoms with Gasteiger partial charge in [0.25, 0.3) is 0 Å². The van der Waals surface area contributed by atoms with Gasteiger partial charge < -0.3 is 10.5 Å². The maximum Gasteiger partial charge on any atom is 0.249 e. The van der Waals surface area contributed by atoms with Crippen LogP contribution in [0.5, 0.6) is 11.6 Å². The van der Waals surface area contributed by atoms with E-state index in [2.05, 4.69) is 16.3 Å². The van der Waals surface area contributed by atoms with E-state index in [0.29, 0.717) is 11.3 Å². The summed E-state index contributed by atoms with van der Waals surface area (Å²) in [6, 6.07) is 7.71. The Morgan fingerprint density at radius 2 is 1.95 bits per heavy atom. The molecular weight excluding hydrogens is 252 g/mol. The van der Waals surface area contributed by atoms with Crippen molar-refractivity contribution >= 4 is 5.84 Å². The highest BCUT2D eigenvalue weighted by Gasteiger charge is 2.13. The number of aryl methyl sites for hydroxylation is 2. The van der Waals surface area contributed by atoms with Crippen molar-refractivity contribution in [3.8, 4) is 11.6 Å². The summed E-state index contributed by atoms with van der Waals surface area (Å²) in [5.74, 6) is 0.914. The van der Waals surface area contributed by atoms with Gasteiger partial charge in [-0.25, -0.2) is 0 Å². The van der Waals surface area contributed by atoms with Gasteiger partial charge in [0.2, 0.25) is 5.88 Å². The molecule has 0 saturated heterocycles. The number of nitrogens with zero attached hydrogens (tertiary/aromatic N) is 2. The molecule has 1 heterocycles. The third kappa shape index (κ3) is 2.47. The highest BCUT2D eigenvalue weighted by Crippen LogP contribution is 2.28. The minimum atomic E-state index is -0.0761. The van der Waals surface area contributed by atoms with Crippen LogP contribution in [0.1, 0.15) is 29.5 Å². The molecule has 0 unspecified atom stereocenters. The number of nitrogen functional groups attached to an aromatic ring is 1. The topological polar surface area (TPSA) is 84.9 Å². The van der Waals surface area contributed by atoms with Gasteiger partial charge >= 0.3 is 0 Å². The molecule has 5 nitrogen and oxygen atoms in total. The molecule has 0 radical (unpaired) electrons. The van der Waals surface area contributed by atoms with E-state index in [1.165, 1.54) is 30.2 Å². The summed E-state index contributed by atoms with van der Waals surface area (Å²) in [6.45, 7) is 0. The lowest BCUT2D eigenvalue weighted by Gasteiger charge is -2.16. The molecule has 0 aliphatic heterocycles. The van der Waals surface area contributed by atoms with Crippen molar-refractivity contribution < 1.29 is 4.74 Å². The van der Waals surface area contributed by atoms with E-state index in [0.717, 1.165) is 12.8 Å². The van der Waals surface area contributed by atoms with Gasteiger partial charge in [-0.15, -0.1) is 5.10 Å². The van der Waals surface area contributed by atoms with Crippen molar-refractivity contribution in [2.45, 2.75) is 25.7 Å². The largest absolute Gasteiger partial charge is 0.437 e. The monoisotopic (exact) mass is 268 g/mol. The molecule has 0 atom stereocenters. The summed E-state index contributed by atoms with van der Waals surface area (Å²) in [4.78, 5) is 0. The van der Waals surface area contributed by atoms with Gasteiger partial charge in [0.15, 0.2) is 0 Å². The molecule has 0 bridgehead atoms. The van der Waals surface area contributed by atoms with Crippen LogP contribution in [0.4, 0.5) is 0 Å². The summed E-state index contributed by atoms with van der Waals surface area (Å²) < 4.78 is 5.74. The van der Waals surface area contributed by atoms with Crippen molar-refractivity contribution in [3.63, 3.8) is 0 Å². The number of fused-ring (bicyclic) bond motifs is 1. The summed E-state index contributed by atoms with van der Waals surface area (Å²) in [7, 11) is 0. The molecule has 0 fully saturated rings. The van der Waals surface area contributed by atoms with Gasteiger partial charge in [-0.3, -0.25) is 5.41 Å². The summed E-state index contributed by atoms with van der Waals surface area (Å²) in [5.41, 5.74) is 8.70. The Balaban J connectivity index is 1.90. The first-order chi connectivity index (χ1) is 9.74. The van der Waals surface area contributed by atoms with E-state index in [9.17, 15) is 0 Å². The zero-order chi connectivity index (χ0) is 13.9. The predicted molar refractivity (Wildman–Crippen MR) is 76.2 cm³/mol. The molecule has 102 valence electrons. The van der Waals surface area contributed by atoms with Crippen LogP contribution in [0.25, 0.3) is 0 Å². The predicted octanol–water partition coefficient (Wildman–Crippen LogP) is 2.43. The Morgan fingerprint density at radius 1 is 1.15 bits per heavy atom. The van der Waals surface area contributed by atoms with Gasteiger partial charge in [0.1, 0.15) is 11.6 Å². The van der Waals surface area contributed by atoms with Crippen LogP contribution in [0.2, 0.25) is 0 Å². The number of hydrogen-bond acceptors (Lipinski definition) is 4. The van der Waals surface area contributed by atoms with E-state index < -0.39 is 0 Å². The molecule has 3 N–H and O–H groups in total. The van der Waals surface area contributed by atoms with E-state index in [1.807, 2.05) is 12.1 Å². The summed E-state index contributed by atoms with van der Waals surface area (Å²) in [6.07, 6.45) is 6.20. The Morgan fingerprint density at radius 3 is 2.75 bits per heavy atom. The standard InChI is InChI=1S/C15H16N4O/c16-14(17)13-7-8-18-19-15(13)20-12-6-5-10-3-1-2-4-11(10)9-12/h5-9H,1-4H2,(H3,16,17). The second-order valence-electron chi connectivity index (χ2n) is 4.90. The number of amidine groups is 1. The van der Waals surface area contributed by atoms with E-state index in [4.69, 9.17) is 15.9 Å². The Bertz CT molecular complexity index is 654.